The highest BCUT2D eigenvalue weighted by Gasteiger charge is 2.28. The molecule has 1 heterocycles. The fourth-order valence-corrected chi connectivity index (χ4v) is 5.62. The van der Waals surface area contributed by atoms with E-state index in [0.29, 0.717) is 10.8 Å². The summed E-state index contributed by atoms with van der Waals surface area (Å²) in [4.78, 5) is 9.05. The van der Waals surface area contributed by atoms with Gasteiger partial charge in [-0.15, -0.1) is 0 Å². The topological polar surface area (TPSA) is 98.0 Å². The van der Waals surface area contributed by atoms with Gasteiger partial charge in [-0.3, -0.25) is 0 Å². The molecule has 160 valence electrons. The average Bonchev–Trinajstić information content (AvgIpc) is 2.80. The number of nitrogens with zero attached hydrogens (tertiary/aromatic N) is 2. The summed E-state index contributed by atoms with van der Waals surface area (Å²) in [6.07, 6.45) is 11.9. The monoisotopic (exact) mass is 434 g/mol. The van der Waals surface area contributed by atoms with Crippen molar-refractivity contribution in [3.05, 3.63) is 72.1 Å². The summed E-state index contributed by atoms with van der Waals surface area (Å²) >= 11 is 0. The molecule has 6 nitrogen and oxygen atoms in total. The standard InChI is InChI=1S/C24H26N4O2S/c25-20-6-4-5-18(15-20)9-10-19-16-26-24(27-17-19)28-21-11-13-23(14-12-21)31(29,30)22-7-2-1-3-8-22/h4-6,9-17,22H,1-3,7-8,25H2,(H,26,27,28)/b10-9+. The molecule has 4 rings (SSSR count). The first-order valence-corrected chi connectivity index (χ1v) is 12.0. The second-order valence-corrected chi connectivity index (χ2v) is 10.0. The third-order valence-electron chi connectivity index (χ3n) is 5.48. The molecule has 1 aliphatic carbocycles. The van der Waals surface area contributed by atoms with Gasteiger partial charge in [0.1, 0.15) is 0 Å². The molecule has 0 unspecified atom stereocenters. The van der Waals surface area contributed by atoms with E-state index in [-0.39, 0.29) is 5.25 Å². The van der Waals surface area contributed by atoms with Crippen LogP contribution in [0.2, 0.25) is 0 Å². The lowest BCUT2D eigenvalue weighted by Gasteiger charge is -2.21. The molecule has 2 aromatic carbocycles. The van der Waals surface area contributed by atoms with Crippen molar-refractivity contribution in [3.8, 4) is 0 Å². The smallest absolute Gasteiger partial charge is 0.227 e. The SMILES string of the molecule is Nc1cccc(/C=C/c2cnc(Nc3ccc(S(=O)(=O)C4CCCCC4)cc3)nc2)c1. The molecule has 3 N–H and O–H groups in total. The van der Waals surface area contributed by atoms with Gasteiger partial charge in [-0.1, -0.05) is 43.5 Å². The summed E-state index contributed by atoms with van der Waals surface area (Å²) in [5.41, 5.74) is 9.12. The molecule has 3 aromatic rings. The van der Waals surface area contributed by atoms with Crippen LogP contribution in [0.25, 0.3) is 12.2 Å². The molecule has 0 spiro atoms. The number of nitrogens with two attached hydrogens (primary N) is 1. The van der Waals surface area contributed by atoms with E-state index in [2.05, 4.69) is 15.3 Å². The molecule has 0 saturated heterocycles. The first kappa shape index (κ1) is 21.1. The number of anilines is 3. The van der Waals surface area contributed by atoms with E-state index in [9.17, 15) is 8.42 Å². The molecule has 31 heavy (non-hydrogen) atoms. The number of nitrogens with one attached hydrogen (secondary N) is 1. The van der Waals surface area contributed by atoms with E-state index in [1.807, 2.05) is 36.4 Å². The van der Waals surface area contributed by atoms with Crippen LogP contribution >= 0.6 is 0 Å². The van der Waals surface area contributed by atoms with Crippen LogP contribution in [0.4, 0.5) is 17.3 Å². The van der Waals surface area contributed by atoms with Gasteiger partial charge < -0.3 is 11.1 Å². The van der Waals surface area contributed by atoms with Crippen LogP contribution in [0.15, 0.2) is 65.8 Å². The minimum absolute atomic E-state index is 0.253. The number of hydrogen-bond donors (Lipinski definition) is 2. The zero-order valence-electron chi connectivity index (χ0n) is 17.2. The Labute approximate surface area is 183 Å². The van der Waals surface area contributed by atoms with Gasteiger partial charge in [-0.05, 0) is 54.8 Å². The molecule has 0 atom stereocenters. The summed E-state index contributed by atoms with van der Waals surface area (Å²) in [5, 5.41) is 2.86. The Morgan fingerprint density at radius 2 is 1.58 bits per heavy atom. The van der Waals surface area contributed by atoms with E-state index in [0.717, 1.165) is 54.6 Å². The molecule has 1 aromatic heterocycles. The lowest BCUT2D eigenvalue weighted by molar-refractivity contribution is 0.483. The Morgan fingerprint density at radius 3 is 2.26 bits per heavy atom. The highest BCUT2D eigenvalue weighted by atomic mass is 32.2. The Balaban J connectivity index is 1.40. The second kappa shape index (κ2) is 9.31. The lowest BCUT2D eigenvalue weighted by atomic mass is 10.0. The van der Waals surface area contributed by atoms with Crippen LogP contribution in [0.3, 0.4) is 0 Å². The Hall–Kier alpha value is -3.19. The zero-order chi connectivity index (χ0) is 21.7. The number of hydrogen-bond acceptors (Lipinski definition) is 6. The highest BCUT2D eigenvalue weighted by molar-refractivity contribution is 7.92. The van der Waals surface area contributed by atoms with Gasteiger partial charge in [-0.25, -0.2) is 18.4 Å². The average molecular weight is 435 g/mol. The van der Waals surface area contributed by atoms with Gasteiger partial charge in [-0.2, -0.15) is 0 Å². The predicted molar refractivity (Wildman–Crippen MR) is 126 cm³/mol. The number of aromatic nitrogens is 2. The first-order chi connectivity index (χ1) is 15.0. The fourth-order valence-electron chi connectivity index (χ4n) is 3.77. The largest absolute Gasteiger partial charge is 0.399 e. The molecule has 0 aliphatic heterocycles. The summed E-state index contributed by atoms with van der Waals surface area (Å²) in [6.45, 7) is 0. The van der Waals surface area contributed by atoms with Crippen LogP contribution in [0.5, 0.6) is 0 Å². The van der Waals surface area contributed by atoms with Crippen molar-refractivity contribution in [2.45, 2.75) is 42.2 Å². The van der Waals surface area contributed by atoms with Gasteiger partial charge in [0.05, 0.1) is 10.1 Å². The molecule has 0 amide bonds. The fraction of sp³-hybridized carbons (Fsp3) is 0.250. The predicted octanol–water partition coefficient (Wildman–Crippen LogP) is 5.08. The maximum atomic E-state index is 12.8. The van der Waals surface area contributed by atoms with Crippen molar-refractivity contribution in [1.82, 2.24) is 9.97 Å². The zero-order valence-corrected chi connectivity index (χ0v) is 18.1. The Morgan fingerprint density at radius 1 is 0.903 bits per heavy atom. The van der Waals surface area contributed by atoms with Gasteiger partial charge in [0.2, 0.25) is 5.95 Å². The maximum absolute atomic E-state index is 12.8. The lowest BCUT2D eigenvalue weighted by Crippen LogP contribution is -2.24. The van der Waals surface area contributed by atoms with Crippen LogP contribution < -0.4 is 11.1 Å². The van der Waals surface area contributed by atoms with Crippen LogP contribution in [-0.4, -0.2) is 23.6 Å². The summed E-state index contributed by atoms with van der Waals surface area (Å²) in [7, 11) is -3.26. The van der Waals surface area contributed by atoms with Crippen molar-refractivity contribution in [1.29, 1.82) is 0 Å². The molecular weight excluding hydrogens is 408 g/mol. The minimum atomic E-state index is -3.26. The minimum Gasteiger partial charge on any atom is -0.399 e. The summed E-state index contributed by atoms with van der Waals surface area (Å²) in [5.74, 6) is 0.448. The van der Waals surface area contributed by atoms with E-state index in [1.165, 1.54) is 0 Å². The van der Waals surface area contributed by atoms with Crippen molar-refractivity contribution in [2.75, 3.05) is 11.1 Å². The highest BCUT2D eigenvalue weighted by Crippen LogP contribution is 2.29. The molecule has 0 radical (unpaired) electrons. The van der Waals surface area contributed by atoms with Crippen LogP contribution in [0.1, 0.15) is 43.2 Å². The van der Waals surface area contributed by atoms with Gasteiger partial charge in [0.25, 0.3) is 0 Å². The third kappa shape index (κ3) is 5.30. The quantitative estimate of drug-likeness (QED) is 0.525. The molecule has 1 aliphatic rings. The molecular formula is C24H26N4O2S. The normalized spacial score (nSPS) is 15.2. The Bertz CT molecular complexity index is 1150. The van der Waals surface area contributed by atoms with Crippen molar-refractivity contribution in [2.24, 2.45) is 0 Å². The van der Waals surface area contributed by atoms with Crippen molar-refractivity contribution in [3.63, 3.8) is 0 Å². The Kier molecular flexibility index (Phi) is 6.32. The molecule has 0 bridgehead atoms. The number of nitrogen functional groups attached to an aromatic ring is 1. The number of rotatable bonds is 6. The van der Waals surface area contributed by atoms with Gasteiger partial charge in [0, 0.05) is 29.3 Å². The third-order valence-corrected chi connectivity index (χ3v) is 7.76. The molecule has 1 fully saturated rings. The van der Waals surface area contributed by atoms with Crippen molar-refractivity contribution >= 4 is 39.3 Å². The number of benzene rings is 2. The summed E-state index contributed by atoms with van der Waals surface area (Å²) < 4.78 is 25.6. The van der Waals surface area contributed by atoms with E-state index in [4.69, 9.17) is 5.73 Å². The summed E-state index contributed by atoms with van der Waals surface area (Å²) in [6, 6.07) is 14.5. The molecule has 7 heteroatoms. The van der Waals surface area contributed by atoms with Gasteiger partial charge in [0.15, 0.2) is 9.84 Å². The van der Waals surface area contributed by atoms with E-state index in [1.54, 1.807) is 36.7 Å². The number of sulfone groups is 1. The first-order valence-electron chi connectivity index (χ1n) is 10.5. The van der Waals surface area contributed by atoms with Crippen molar-refractivity contribution < 1.29 is 8.42 Å². The van der Waals surface area contributed by atoms with Crippen LogP contribution in [-0.2, 0) is 9.84 Å². The van der Waals surface area contributed by atoms with E-state index < -0.39 is 9.84 Å². The maximum Gasteiger partial charge on any atom is 0.227 e. The second-order valence-electron chi connectivity index (χ2n) is 7.80. The van der Waals surface area contributed by atoms with Gasteiger partial charge >= 0.3 is 0 Å². The van der Waals surface area contributed by atoms with E-state index >= 15 is 0 Å². The van der Waals surface area contributed by atoms with Crippen LogP contribution in [0, 0.1) is 0 Å². The molecule has 1 saturated carbocycles.